The number of benzene rings is 2. The Labute approximate surface area is 216 Å². The second-order valence-corrected chi connectivity index (χ2v) is 9.16. The van der Waals surface area contributed by atoms with E-state index >= 15 is 0 Å². The van der Waals surface area contributed by atoms with Gasteiger partial charge in [-0.2, -0.15) is 0 Å². The van der Waals surface area contributed by atoms with Crippen molar-refractivity contribution in [3.63, 3.8) is 0 Å². The van der Waals surface area contributed by atoms with Gasteiger partial charge in [-0.3, -0.25) is 29.6 Å². The van der Waals surface area contributed by atoms with Gasteiger partial charge in [-0.25, -0.2) is 9.79 Å². The minimum absolute atomic E-state index is 0.0306. The van der Waals surface area contributed by atoms with E-state index in [-0.39, 0.29) is 27.1 Å². The first-order chi connectivity index (χ1) is 17.5. The number of phenolic OH excluding ortho intramolecular Hbond substituents is 1. The van der Waals surface area contributed by atoms with Crippen molar-refractivity contribution >= 4 is 46.4 Å². The van der Waals surface area contributed by atoms with Crippen molar-refractivity contribution in [1.29, 1.82) is 0 Å². The number of carbonyl (C=O) groups is 1. The number of aromatic nitrogens is 1. The van der Waals surface area contributed by atoms with Crippen LogP contribution in [0.1, 0.15) is 31.0 Å². The SMILES string of the molecule is CCOC(=O)C1=C(C)N=c2s/c(=C\c3cc([N+](=O)[O-])c(O)c([N+](=O)[O-])c3)c(=O)n2[C@@H]1c1ccccc1Cl. The molecule has 4 rings (SSSR count). The molecule has 0 saturated heterocycles. The summed E-state index contributed by atoms with van der Waals surface area (Å²) < 4.78 is 6.51. The summed E-state index contributed by atoms with van der Waals surface area (Å²) in [7, 11) is 0. The fraction of sp³-hybridized carbons (Fsp3) is 0.174. The van der Waals surface area contributed by atoms with Gasteiger partial charge in [-0.15, -0.1) is 0 Å². The largest absolute Gasteiger partial charge is 0.497 e. The first-order valence-electron chi connectivity index (χ1n) is 10.6. The van der Waals surface area contributed by atoms with E-state index in [1.807, 2.05) is 0 Å². The number of halogens is 1. The van der Waals surface area contributed by atoms with Crippen molar-refractivity contribution in [2.45, 2.75) is 19.9 Å². The van der Waals surface area contributed by atoms with Crippen LogP contribution >= 0.6 is 22.9 Å². The van der Waals surface area contributed by atoms with Crippen LogP contribution in [0.5, 0.6) is 5.75 Å². The van der Waals surface area contributed by atoms with Crippen molar-refractivity contribution < 1.29 is 24.5 Å². The third-order valence-electron chi connectivity index (χ3n) is 5.50. The summed E-state index contributed by atoms with van der Waals surface area (Å²) in [6.45, 7) is 3.33. The average Bonchev–Trinajstić information content (AvgIpc) is 3.13. The van der Waals surface area contributed by atoms with Gasteiger partial charge in [0.25, 0.3) is 11.3 Å². The molecule has 0 unspecified atom stereocenters. The van der Waals surface area contributed by atoms with E-state index in [1.165, 1.54) is 10.6 Å². The summed E-state index contributed by atoms with van der Waals surface area (Å²) in [6.07, 6.45) is 1.22. The Kier molecular flexibility index (Phi) is 6.92. The smallest absolute Gasteiger partial charge is 0.338 e. The van der Waals surface area contributed by atoms with Gasteiger partial charge in [0, 0.05) is 17.2 Å². The van der Waals surface area contributed by atoms with Crippen LogP contribution < -0.4 is 14.9 Å². The van der Waals surface area contributed by atoms with Crippen molar-refractivity contribution in [2.75, 3.05) is 6.61 Å². The molecule has 37 heavy (non-hydrogen) atoms. The minimum Gasteiger partial charge on any atom is -0.497 e. The van der Waals surface area contributed by atoms with Crippen LogP contribution in [0.4, 0.5) is 11.4 Å². The maximum atomic E-state index is 13.6. The number of nitro benzene ring substituents is 2. The second-order valence-electron chi connectivity index (χ2n) is 7.75. The third-order valence-corrected chi connectivity index (χ3v) is 6.83. The molecule has 1 atom stereocenters. The molecule has 0 spiro atoms. The molecule has 0 bridgehead atoms. The molecule has 0 saturated carbocycles. The second kappa shape index (κ2) is 9.95. The molecule has 0 radical (unpaired) electrons. The predicted molar refractivity (Wildman–Crippen MR) is 133 cm³/mol. The lowest BCUT2D eigenvalue weighted by Gasteiger charge is -2.25. The Morgan fingerprint density at radius 2 is 1.86 bits per heavy atom. The number of allylic oxidation sites excluding steroid dienone is 1. The molecule has 1 N–H and O–H groups in total. The van der Waals surface area contributed by atoms with Crippen molar-refractivity contribution in [3.05, 3.63) is 104 Å². The Morgan fingerprint density at radius 1 is 1.24 bits per heavy atom. The van der Waals surface area contributed by atoms with E-state index in [2.05, 4.69) is 4.99 Å². The number of aromatic hydroxyl groups is 1. The van der Waals surface area contributed by atoms with E-state index in [0.29, 0.717) is 16.3 Å². The number of carbonyl (C=O) groups excluding carboxylic acids is 1. The molecule has 3 aromatic rings. The number of rotatable bonds is 6. The van der Waals surface area contributed by atoms with Crippen molar-refractivity contribution in [1.82, 2.24) is 4.57 Å². The molecule has 1 aliphatic heterocycles. The van der Waals surface area contributed by atoms with Gasteiger partial charge in [0.1, 0.15) is 6.04 Å². The number of nitrogens with zero attached hydrogens (tertiary/aromatic N) is 4. The number of hydrogen-bond donors (Lipinski definition) is 1. The van der Waals surface area contributed by atoms with Gasteiger partial charge in [0.05, 0.1) is 32.3 Å². The average molecular weight is 545 g/mol. The number of hydrogen-bond acceptors (Lipinski definition) is 10. The highest BCUT2D eigenvalue weighted by molar-refractivity contribution is 7.07. The summed E-state index contributed by atoms with van der Waals surface area (Å²) in [5.41, 5.74) is -1.56. The number of nitro groups is 2. The first-order valence-corrected chi connectivity index (χ1v) is 11.8. The molecule has 0 fully saturated rings. The van der Waals surface area contributed by atoms with Gasteiger partial charge in [-0.1, -0.05) is 41.1 Å². The molecule has 2 heterocycles. The lowest BCUT2D eigenvalue weighted by molar-refractivity contribution is -0.396. The third kappa shape index (κ3) is 4.61. The van der Waals surface area contributed by atoms with Crippen LogP contribution in [-0.2, 0) is 9.53 Å². The number of thiazole rings is 1. The molecule has 190 valence electrons. The van der Waals surface area contributed by atoms with Crippen LogP contribution in [0.15, 0.2) is 57.5 Å². The quantitative estimate of drug-likeness (QED) is 0.280. The van der Waals surface area contributed by atoms with Crippen LogP contribution in [0.3, 0.4) is 0 Å². The number of fused-ring (bicyclic) bond motifs is 1. The van der Waals surface area contributed by atoms with Gasteiger partial charge < -0.3 is 9.84 Å². The van der Waals surface area contributed by atoms with E-state index in [1.54, 1.807) is 38.1 Å². The predicted octanol–water partition coefficient (Wildman–Crippen LogP) is 2.97. The monoisotopic (exact) mass is 544 g/mol. The Bertz CT molecular complexity index is 1660. The maximum absolute atomic E-state index is 13.6. The lowest BCUT2D eigenvalue weighted by atomic mass is 9.96. The number of esters is 1. The Balaban J connectivity index is 2.00. The van der Waals surface area contributed by atoms with Crippen LogP contribution in [0.2, 0.25) is 5.02 Å². The molecule has 0 aliphatic carbocycles. The highest BCUT2D eigenvalue weighted by atomic mass is 35.5. The van der Waals surface area contributed by atoms with E-state index in [0.717, 1.165) is 23.5 Å². The standard InChI is InChI=1S/C23H17ClN4O8S/c1-3-36-22(31)18-11(2)25-23-26(19(18)13-6-4-5-7-14(13)24)21(30)17(37-23)10-12-8-15(27(32)33)20(29)16(9-12)28(34)35/h4-10,19,29H,3H2,1-2H3/b17-10-/t19-/m1/s1. The zero-order chi connectivity index (χ0) is 27.0. The first kappa shape index (κ1) is 25.7. The van der Waals surface area contributed by atoms with Crippen LogP contribution in [0.25, 0.3) is 6.08 Å². The fourth-order valence-electron chi connectivity index (χ4n) is 3.92. The molecule has 1 aromatic heterocycles. The highest BCUT2D eigenvalue weighted by Crippen LogP contribution is 2.37. The molecule has 1 aliphatic rings. The van der Waals surface area contributed by atoms with E-state index < -0.39 is 44.5 Å². The highest BCUT2D eigenvalue weighted by Gasteiger charge is 2.34. The topological polar surface area (TPSA) is 167 Å². The summed E-state index contributed by atoms with van der Waals surface area (Å²) in [6, 6.07) is 7.52. The Morgan fingerprint density at radius 3 is 2.43 bits per heavy atom. The van der Waals surface area contributed by atoms with Gasteiger partial charge in [-0.05, 0) is 37.1 Å². The van der Waals surface area contributed by atoms with Crippen LogP contribution in [0, 0.1) is 20.2 Å². The van der Waals surface area contributed by atoms with Gasteiger partial charge in [0.2, 0.25) is 0 Å². The fourth-order valence-corrected chi connectivity index (χ4v) is 5.21. The van der Waals surface area contributed by atoms with Gasteiger partial charge in [0.15, 0.2) is 4.80 Å². The molecule has 12 nitrogen and oxygen atoms in total. The molecular formula is C23H17ClN4O8S. The van der Waals surface area contributed by atoms with E-state index in [9.17, 15) is 34.9 Å². The molecule has 14 heteroatoms. The minimum atomic E-state index is -1.10. The lowest BCUT2D eigenvalue weighted by Crippen LogP contribution is -2.40. The summed E-state index contributed by atoms with van der Waals surface area (Å²) in [5.74, 6) is -1.77. The Hall–Kier alpha value is -4.36. The maximum Gasteiger partial charge on any atom is 0.338 e. The molecule has 2 aromatic carbocycles. The van der Waals surface area contributed by atoms with Crippen LogP contribution in [-0.4, -0.2) is 32.1 Å². The van der Waals surface area contributed by atoms with E-state index in [4.69, 9.17) is 16.3 Å². The summed E-state index contributed by atoms with van der Waals surface area (Å²) in [5, 5.41) is 32.8. The zero-order valence-electron chi connectivity index (χ0n) is 19.2. The molecular weight excluding hydrogens is 528 g/mol. The normalized spacial score (nSPS) is 15.2. The summed E-state index contributed by atoms with van der Waals surface area (Å²) in [4.78, 5) is 51.8. The van der Waals surface area contributed by atoms with Crippen molar-refractivity contribution in [2.24, 2.45) is 4.99 Å². The number of phenols is 1. The zero-order valence-corrected chi connectivity index (χ0v) is 20.8. The van der Waals surface area contributed by atoms with Crippen molar-refractivity contribution in [3.8, 4) is 5.75 Å². The summed E-state index contributed by atoms with van der Waals surface area (Å²) >= 11 is 7.36. The van der Waals surface area contributed by atoms with Gasteiger partial charge >= 0.3 is 17.3 Å². The number of ether oxygens (including phenoxy) is 1. The molecule has 0 amide bonds.